The Morgan fingerprint density at radius 2 is 2.23 bits per heavy atom. The maximum Gasteiger partial charge on any atom is 0.266 e. The van der Waals surface area contributed by atoms with Crippen molar-refractivity contribution in [3.63, 3.8) is 0 Å². The highest BCUT2D eigenvalue weighted by Gasteiger charge is 2.01. The quantitative estimate of drug-likeness (QED) is 0.662. The molecular formula is C9H7FN2O. The third-order valence-corrected chi connectivity index (χ3v) is 1.83. The first-order valence-corrected chi connectivity index (χ1v) is 3.82. The predicted molar refractivity (Wildman–Crippen MR) is 47.1 cm³/mol. The molecule has 13 heavy (non-hydrogen) atoms. The Morgan fingerprint density at radius 3 is 3.00 bits per heavy atom. The summed E-state index contributed by atoms with van der Waals surface area (Å²) in [5, 5.41) is 0. The number of aryl methyl sites for hydroxylation is 1. The lowest BCUT2D eigenvalue weighted by Gasteiger charge is -1.99. The number of hydrogen-bond donors (Lipinski definition) is 1. The van der Waals surface area contributed by atoms with Gasteiger partial charge in [0.05, 0.1) is 17.2 Å². The molecule has 0 atom stereocenters. The summed E-state index contributed by atoms with van der Waals surface area (Å²) in [5.74, 6) is -0.367. The summed E-state index contributed by atoms with van der Waals surface area (Å²) in [6.07, 6.45) is 1.19. The van der Waals surface area contributed by atoms with Gasteiger partial charge >= 0.3 is 0 Å². The second-order valence-corrected chi connectivity index (χ2v) is 2.87. The molecular weight excluding hydrogens is 171 g/mol. The molecule has 0 saturated heterocycles. The van der Waals surface area contributed by atoms with Gasteiger partial charge in [-0.15, -0.1) is 0 Å². The van der Waals surface area contributed by atoms with E-state index < -0.39 is 0 Å². The van der Waals surface area contributed by atoms with E-state index in [-0.39, 0.29) is 11.4 Å². The van der Waals surface area contributed by atoms with E-state index in [0.29, 0.717) is 16.6 Å². The zero-order valence-corrected chi connectivity index (χ0v) is 6.97. The van der Waals surface area contributed by atoms with Crippen LogP contribution in [0.1, 0.15) is 5.56 Å². The summed E-state index contributed by atoms with van der Waals surface area (Å²) in [4.78, 5) is 17.3. The number of nitrogens with one attached hydrogen (secondary N) is 1. The molecule has 0 aliphatic heterocycles. The zero-order valence-electron chi connectivity index (χ0n) is 6.97. The van der Waals surface area contributed by atoms with Gasteiger partial charge in [0, 0.05) is 0 Å². The van der Waals surface area contributed by atoms with Gasteiger partial charge in [-0.1, -0.05) is 0 Å². The molecule has 0 fully saturated rings. The van der Waals surface area contributed by atoms with Crippen LogP contribution in [-0.2, 0) is 0 Å². The van der Waals surface area contributed by atoms with Gasteiger partial charge in [-0.2, -0.15) is 0 Å². The Kier molecular flexibility index (Phi) is 1.62. The normalized spacial score (nSPS) is 10.6. The first-order chi connectivity index (χ1) is 6.16. The van der Waals surface area contributed by atoms with Gasteiger partial charge in [0.25, 0.3) is 5.56 Å². The lowest BCUT2D eigenvalue weighted by atomic mass is 10.2. The number of nitrogens with zero attached hydrogens (tertiary/aromatic N) is 1. The average molecular weight is 178 g/mol. The highest BCUT2D eigenvalue weighted by molar-refractivity contribution is 5.77. The summed E-state index contributed by atoms with van der Waals surface area (Å²) in [5.41, 5.74) is 1.45. The molecule has 1 aromatic heterocycles. The molecule has 2 aromatic rings. The minimum absolute atomic E-state index is 0.322. The molecule has 0 bridgehead atoms. The predicted octanol–water partition coefficient (Wildman–Crippen LogP) is 1.37. The van der Waals surface area contributed by atoms with Gasteiger partial charge in [-0.05, 0) is 24.6 Å². The van der Waals surface area contributed by atoms with E-state index in [4.69, 9.17) is 0 Å². The summed E-state index contributed by atoms with van der Waals surface area (Å²) < 4.78 is 12.9. The third kappa shape index (κ3) is 1.30. The molecule has 1 N–H and O–H groups in total. The van der Waals surface area contributed by atoms with Crippen LogP contribution in [0.25, 0.3) is 11.0 Å². The monoisotopic (exact) mass is 178 g/mol. The van der Waals surface area contributed by atoms with Crippen molar-refractivity contribution in [3.05, 3.63) is 40.1 Å². The van der Waals surface area contributed by atoms with E-state index >= 15 is 0 Å². The molecule has 66 valence electrons. The number of fused-ring (bicyclic) bond motifs is 1. The lowest BCUT2D eigenvalue weighted by Crippen LogP contribution is -2.05. The van der Waals surface area contributed by atoms with Crippen LogP contribution in [-0.4, -0.2) is 9.97 Å². The standard InChI is InChI=1S/C9H7FN2O/c1-5-2-6(10)3-7-9(5)11-4-8(13)12-7/h2-4H,1H3,(H,12,13). The molecule has 4 heteroatoms. The van der Waals surface area contributed by atoms with Crippen molar-refractivity contribution >= 4 is 11.0 Å². The topological polar surface area (TPSA) is 45.8 Å². The van der Waals surface area contributed by atoms with Crippen LogP contribution in [0.4, 0.5) is 4.39 Å². The van der Waals surface area contributed by atoms with Gasteiger partial charge < -0.3 is 4.98 Å². The smallest absolute Gasteiger partial charge is 0.266 e. The average Bonchev–Trinajstić information content (AvgIpc) is 2.02. The van der Waals surface area contributed by atoms with Gasteiger partial charge in [-0.25, -0.2) is 9.37 Å². The maximum atomic E-state index is 12.9. The Labute approximate surface area is 73.2 Å². The second-order valence-electron chi connectivity index (χ2n) is 2.87. The van der Waals surface area contributed by atoms with E-state index in [1.807, 2.05) is 0 Å². The molecule has 0 unspecified atom stereocenters. The summed E-state index contributed by atoms with van der Waals surface area (Å²) >= 11 is 0. The van der Waals surface area contributed by atoms with E-state index in [1.165, 1.54) is 18.3 Å². The van der Waals surface area contributed by atoms with Crippen LogP contribution in [0.5, 0.6) is 0 Å². The Bertz CT molecular complexity index is 518. The number of hydrogen-bond acceptors (Lipinski definition) is 2. The molecule has 0 radical (unpaired) electrons. The molecule has 0 aliphatic rings. The second kappa shape index (κ2) is 2.65. The molecule has 1 aromatic carbocycles. The van der Waals surface area contributed by atoms with E-state index in [2.05, 4.69) is 9.97 Å². The van der Waals surface area contributed by atoms with Crippen molar-refractivity contribution in [2.75, 3.05) is 0 Å². The zero-order chi connectivity index (χ0) is 9.42. The van der Waals surface area contributed by atoms with Crippen molar-refractivity contribution in [1.29, 1.82) is 0 Å². The van der Waals surface area contributed by atoms with Crippen LogP contribution >= 0.6 is 0 Å². The molecule has 3 nitrogen and oxygen atoms in total. The van der Waals surface area contributed by atoms with Crippen LogP contribution in [0.3, 0.4) is 0 Å². The van der Waals surface area contributed by atoms with Gasteiger partial charge in [-0.3, -0.25) is 4.79 Å². The number of benzene rings is 1. The van der Waals surface area contributed by atoms with Crippen LogP contribution in [0.15, 0.2) is 23.1 Å². The Balaban J connectivity index is 2.94. The Morgan fingerprint density at radius 1 is 1.46 bits per heavy atom. The fourth-order valence-electron chi connectivity index (χ4n) is 1.29. The van der Waals surface area contributed by atoms with Crippen LogP contribution < -0.4 is 5.56 Å². The number of aromatic amines is 1. The molecule has 0 aliphatic carbocycles. The van der Waals surface area contributed by atoms with Crippen LogP contribution in [0.2, 0.25) is 0 Å². The molecule has 0 amide bonds. The van der Waals surface area contributed by atoms with E-state index in [9.17, 15) is 9.18 Å². The SMILES string of the molecule is Cc1cc(F)cc2[nH]c(=O)cnc12. The van der Waals surface area contributed by atoms with Gasteiger partial charge in [0.2, 0.25) is 0 Å². The summed E-state index contributed by atoms with van der Waals surface area (Å²) in [7, 11) is 0. The number of halogens is 1. The molecule has 2 rings (SSSR count). The first kappa shape index (κ1) is 7.91. The van der Waals surface area contributed by atoms with Crippen molar-refractivity contribution in [2.45, 2.75) is 6.92 Å². The van der Waals surface area contributed by atoms with Crippen molar-refractivity contribution in [1.82, 2.24) is 9.97 Å². The first-order valence-electron chi connectivity index (χ1n) is 3.82. The number of rotatable bonds is 0. The minimum atomic E-state index is -0.367. The van der Waals surface area contributed by atoms with Gasteiger partial charge in [0.1, 0.15) is 5.82 Å². The minimum Gasteiger partial charge on any atom is -0.319 e. The highest BCUT2D eigenvalue weighted by Crippen LogP contribution is 2.13. The summed E-state index contributed by atoms with van der Waals surface area (Å²) in [6, 6.07) is 2.64. The van der Waals surface area contributed by atoms with Crippen molar-refractivity contribution in [2.24, 2.45) is 0 Å². The number of aromatic nitrogens is 2. The number of H-pyrrole nitrogens is 1. The van der Waals surface area contributed by atoms with Crippen molar-refractivity contribution in [3.8, 4) is 0 Å². The largest absolute Gasteiger partial charge is 0.319 e. The van der Waals surface area contributed by atoms with Crippen molar-refractivity contribution < 1.29 is 4.39 Å². The van der Waals surface area contributed by atoms with E-state index in [0.717, 1.165) is 0 Å². The fourth-order valence-corrected chi connectivity index (χ4v) is 1.29. The molecule has 1 heterocycles. The fraction of sp³-hybridized carbons (Fsp3) is 0.111. The maximum absolute atomic E-state index is 12.9. The molecule has 0 spiro atoms. The third-order valence-electron chi connectivity index (χ3n) is 1.83. The lowest BCUT2D eigenvalue weighted by molar-refractivity contribution is 0.628. The highest BCUT2D eigenvalue weighted by atomic mass is 19.1. The molecule has 0 saturated carbocycles. The Hall–Kier alpha value is -1.71. The van der Waals surface area contributed by atoms with Gasteiger partial charge in [0.15, 0.2) is 0 Å². The van der Waals surface area contributed by atoms with E-state index in [1.54, 1.807) is 6.92 Å². The summed E-state index contributed by atoms with van der Waals surface area (Å²) in [6.45, 7) is 1.75. The van der Waals surface area contributed by atoms with Crippen LogP contribution in [0, 0.1) is 12.7 Å².